The second-order valence-corrected chi connectivity index (χ2v) is 4.10. The summed E-state index contributed by atoms with van der Waals surface area (Å²) < 4.78 is 0. The number of carbonyl (C=O) groups excluding carboxylic acids is 2. The predicted octanol–water partition coefficient (Wildman–Crippen LogP) is 1.31. The highest BCUT2D eigenvalue weighted by atomic mass is 16.2. The number of nitrogens with zero attached hydrogens (tertiary/aromatic N) is 1. The van der Waals surface area contributed by atoms with Crippen LogP contribution < -0.4 is 10.2 Å². The van der Waals surface area contributed by atoms with Crippen LogP contribution in [0.25, 0.3) is 0 Å². The van der Waals surface area contributed by atoms with Crippen molar-refractivity contribution in [2.75, 3.05) is 16.8 Å². The summed E-state index contributed by atoms with van der Waals surface area (Å²) in [4.78, 5) is 24.7. The van der Waals surface area contributed by atoms with Gasteiger partial charge in [-0.05, 0) is 18.6 Å². The lowest BCUT2D eigenvalue weighted by molar-refractivity contribution is -0.121. The van der Waals surface area contributed by atoms with Crippen LogP contribution in [0.5, 0.6) is 0 Å². The standard InChI is InChI=1S/C12H12N2O2/c15-11-4-5-12(16)14(11)10-3-1-2-9-8(10)6-7-13-9/h1-3,13H,4-7H2. The van der Waals surface area contributed by atoms with Gasteiger partial charge < -0.3 is 5.32 Å². The molecule has 2 amide bonds. The van der Waals surface area contributed by atoms with E-state index < -0.39 is 0 Å². The van der Waals surface area contributed by atoms with E-state index in [9.17, 15) is 9.59 Å². The van der Waals surface area contributed by atoms with Gasteiger partial charge in [0.2, 0.25) is 11.8 Å². The Labute approximate surface area is 93.2 Å². The number of hydrogen-bond donors (Lipinski definition) is 1. The molecule has 82 valence electrons. The van der Waals surface area contributed by atoms with Gasteiger partial charge in [-0.2, -0.15) is 0 Å². The molecule has 2 aliphatic rings. The summed E-state index contributed by atoms with van der Waals surface area (Å²) in [6, 6.07) is 5.72. The Hall–Kier alpha value is -1.84. The van der Waals surface area contributed by atoms with Crippen LogP contribution in [0.4, 0.5) is 11.4 Å². The first kappa shape index (κ1) is 9.39. The first-order valence-corrected chi connectivity index (χ1v) is 5.49. The molecule has 0 aliphatic carbocycles. The molecule has 4 nitrogen and oxygen atoms in total. The topological polar surface area (TPSA) is 49.4 Å². The van der Waals surface area contributed by atoms with Gasteiger partial charge >= 0.3 is 0 Å². The lowest BCUT2D eigenvalue weighted by Crippen LogP contribution is -2.29. The molecule has 2 aliphatic heterocycles. The van der Waals surface area contributed by atoms with Crippen LogP contribution in [0.1, 0.15) is 18.4 Å². The molecule has 1 aromatic rings. The number of imide groups is 1. The van der Waals surface area contributed by atoms with Gasteiger partial charge in [0.1, 0.15) is 0 Å². The summed E-state index contributed by atoms with van der Waals surface area (Å²) in [5, 5.41) is 3.24. The highest BCUT2D eigenvalue weighted by Crippen LogP contribution is 2.34. The normalized spacial score (nSPS) is 18.9. The van der Waals surface area contributed by atoms with Crippen molar-refractivity contribution in [1.82, 2.24) is 0 Å². The third-order valence-corrected chi connectivity index (χ3v) is 3.13. The molecule has 2 heterocycles. The van der Waals surface area contributed by atoms with E-state index >= 15 is 0 Å². The number of nitrogens with one attached hydrogen (secondary N) is 1. The Morgan fingerprint density at radius 1 is 1.06 bits per heavy atom. The van der Waals surface area contributed by atoms with Crippen LogP contribution in [0.15, 0.2) is 18.2 Å². The molecule has 1 aromatic carbocycles. The van der Waals surface area contributed by atoms with Crippen LogP contribution in [-0.4, -0.2) is 18.4 Å². The van der Waals surface area contributed by atoms with Gasteiger partial charge in [-0.25, -0.2) is 0 Å². The second kappa shape index (κ2) is 3.33. The molecule has 0 radical (unpaired) electrons. The summed E-state index contributed by atoms with van der Waals surface area (Å²) >= 11 is 0. The molecule has 16 heavy (non-hydrogen) atoms. The minimum Gasteiger partial charge on any atom is -0.384 e. The van der Waals surface area contributed by atoms with E-state index in [0.29, 0.717) is 12.8 Å². The van der Waals surface area contributed by atoms with Crippen LogP contribution in [0.3, 0.4) is 0 Å². The number of carbonyl (C=O) groups is 2. The fraction of sp³-hybridized carbons (Fsp3) is 0.333. The van der Waals surface area contributed by atoms with Crippen LogP contribution in [0, 0.1) is 0 Å². The quantitative estimate of drug-likeness (QED) is 0.720. The predicted molar refractivity (Wildman–Crippen MR) is 60.4 cm³/mol. The molecule has 0 unspecified atom stereocenters. The number of amides is 2. The lowest BCUT2D eigenvalue weighted by Gasteiger charge is -2.17. The van der Waals surface area contributed by atoms with E-state index in [-0.39, 0.29) is 11.8 Å². The summed E-state index contributed by atoms with van der Waals surface area (Å²) in [5.41, 5.74) is 2.91. The molecule has 0 spiro atoms. The zero-order valence-electron chi connectivity index (χ0n) is 8.82. The molecule has 1 N–H and O–H groups in total. The average molecular weight is 216 g/mol. The van der Waals surface area contributed by atoms with Crippen molar-refractivity contribution in [2.24, 2.45) is 0 Å². The maximum Gasteiger partial charge on any atom is 0.234 e. The molecular weight excluding hydrogens is 204 g/mol. The smallest absolute Gasteiger partial charge is 0.234 e. The first-order chi connectivity index (χ1) is 7.77. The Morgan fingerprint density at radius 3 is 2.56 bits per heavy atom. The highest BCUT2D eigenvalue weighted by molar-refractivity contribution is 6.20. The molecule has 0 bridgehead atoms. The molecule has 0 saturated carbocycles. The van der Waals surface area contributed by atoms with E-state index in [1.54, 1.807) is 0 Å². The minimum atomic E-state index is -0.0784. The molecule has 0 aromatic heterocycles. The summed E-state index contributed by atoms with van der Waals surface area (Å²) in [6.07, 6.45) is 1.56. The van der Waals surface area contributed by atoms with Crippen molar-refractivity contribution in [1.29, 1.82) is 0 Å². The fourth-order valence-electron chi connectivity index (χ4n) is 2.38. The van der Waals surface area contributed by atoms with Gasteiger partial charge in [0, 0.05) is 30.6 Å². The lowest BCUT2D eigenvalue weighted by atomic mass is 10.1. The number of benzene rings is 1. The number of anilines is 2. The third-order valence-electron chi connectivity index (χ3n) is 3.13. The first-order valence-electron chi connectivity index (χ1n) is 5.49. The SMILES string of the molecule is O=C1CCC(=O)N1c1cccc2c1CCN2. The zero-order valence-corrected chi connectivity index (χ0v) is 8.82. The van der Waals surface area contributed by atoms with E-state index in [0.717, 1.165) is 29.9 Å². The Morgan fingerprint density at radius 2 is 1.81 bits per heavy atom. The van der Waals surface area contributed by atoms with Crippen LogP contribution in [-0.2, 0) is 16.0 Å². The van der Waals surface area contributed by atoms with Gasteiger partial charge in [-0.15, -0.1) is 0 Å². The van der Waals surface area contributed by atoms with Gasteiger partial charge in [0.25, 0.3) is 0 Å². The molecule has 0 atom stereocenters. The monoisotopic (exact) mass is 216 g/mol. The molecule has 3 rings (SSSR count). The number of fused-ring (bicyclic) bond motifs is 1. The van der Waals surface area contributed by atoms with Gasteiger partial charge in [-0.1, -0.05) is 6.07 Å². The summed E-state index contributed by atoms with van der Waals surface area (Å²) in [7, 11) is 0. The molecule has 1 saturated heterocycles. The van der Waals surface area contributed by atoms with E-state index in [2.05, 4.69) is 5.32 Å². The largest absolute Gasteiger partial charge is 0.384 e. The van der Waals surface area contributed by atoms with E-state index in [4.69, 9.17) is 0 Å². The molecular formula is C12H12N2O2. The summed E-state index contributed by atoms with van der Waals surface area (Å²) in [6.45, 7) is 0.878. The van der Waals surface area contributed by atoms with Crippen molar-refractivity contribution < 1.29 is 9.59 Å². The van der Waals surface area contributed by atoms with Crippen molar-refractivity contribution in [2.45, 2.75) is 19.3 Å². The van der Waals surface area contributed by atoms with Gasteiger partial charge in [0.05, 0.1) is 5.69 Å². The maximum absolute atomic E-state index is 11.7. The average Bonchev–Trinajstić information content (AvgIpc) is 2.86. The van der Waals surface area contributed by atoms with Gasteiger partial charge in [0.15, 0.2) is 0 Å². The van der Waals surface area contributed by atoms with Crippen molar-refractivity contribution >= 4 is 23.2 Å². The minimum absolute atomic E-state index is 0.0784. The second-order valence-electron chi connectivity index (χ2n) is 4.10. The fourth-order valence-corrected chi connectivity index (χ4v) is 2.38. The van der Waals surface area contributed by atoms with E-state index in [1.165, 1.54) is 4.90 Å². The maximum atomic E-state index is 11.7. The van der Waals surface area contributed by atoms with Gasteiger partial charge in [-0.3, -0.25) is 14.5 Å². The van der Waals surface area contributed by atoms with Crippen LogP contribution in [0.2, 0.25) is 0 Å². The highest BCUT2D eigenvalue weighted by Gasteiger charge is 2.32. The Kier molecular flexibility index (Phi) is 1.96. The number of rotatable bonds is 1. The van der Waals surface area contributed by atoms with Crippen molar-refractivity contribution in [3.05, 3.63) is 23.8 Å². The van der Waals surface area contributed by atoms with E-state index in [1.807, 2.05) is 18.2 Å². The zero-order chi connectivity index (χ0) is 11.1. The number of hydrogen-bond acceptors (Lipinski definition) is 3. The van der Waals surface area contributed by atoms with Crippen molar-refractivity contribution in [3.8, 4) is 0 Å². The Bertz CT molecular complexity index is 466. The molecule has 4 heteroatoms. The van der Waals surface area contributed by atoms with Crippen molar-refractivity contribution in [3.63, 3.8) is 0 Å². The third kappa shape index (κ3) is 1.23. The summed E-state index contributed by atoms with van der Waals surface area (Å²) in [5.74, 6) is -0.157. The Balaban J connectivity index is 2.10. The molecule has 1 fully saturated rings. The van der Waals surface area contributed by atoms with Crippen LogP contribution >= 0.6 is 0 Å².